The van der Waals surface area contributed by atoms with Crippen molar-refractivity contribution in [3.05, 3.63) is 47.9 Å². The first-order valence-corrected chi connectivity index (χ1v) is 6.87. The summed E-state index contributed by atoms with van der Waals surface area (Å²) in [5.74, 6) is -0.558. The lowest BCUT2D eigenvalue weighted by molar-refractivity contribution is 0.598. The first-order chi connectivity index (χ1) is 8.88. The molecule has 0 unspecified atom stereocenters. The maximum absolute atomic E-state index is 13.6. The van der Waals surface area contributed by atoms with E-state index in [1.165, 1.54) is 30.5 Å². The molecule has 3 N–H and O–H groups in total. The number of hydrogen-bond donors (Lipinski definition) is 2. The quantitative estimate of drug-likeness (QED) is 0.900. The number of anilines is 2. The summed E-state index contributed by atoms with van der Waals surface area (Å²) in [5, 5.41) is 0. The summed E-state index contributed by atoms with van der Waals surface area (Å²) in [6.45, 7) is 1.71. The molecule has 1 aromatic carbocycles. The molecule has 0 aliphatic heterocycles. The van der Waals surface area contributed by atoms with Crippen LogP contribution in [0.2, 0.25) is 0 Å². The van der Waals surface area contributed by atoms with E-state index in [-0.39, 0.29) is 16.4 Å². The average molecular weight is 281 g/mol. The van der Waals surface area contributed by atoms with Crippen LogP contribution in [-0.4, -0.2) is 13.4 Å². The highest BCUT2D eigenvalue weighted by atomic mass is 32.2. The van der Waals surface area contributed by atoms with Crippen molar-refractivity contribution in [3.63, 3.8) is 0 Å². The zero-order chi connectivity index (χ0) is 14.0. The van der Waals surface area contributed by atoms with Crippen LogP contribution in [0, 0.1) is 12.7 Å². The fourth-order valence-electron chi connectivity index (χ4n) is 1.50. The van der Waals surface area contributed by atoms with E-state index in [9.17, 15) is 12.8 Å². The van der Waals surface area contributed by atoms with Crippen LogP contribution in [0.3, 0.4) is 0 Å². The SMILES string of the molecule is Cc1ccc(NS(=O)(=O)c2ccnc(N)c2)c(F)c1. The van der Waals surface area contributed by atoms with E-state index in [1.807, 2.05) is 0 Å². The van der Waals surface area contributed by atoms with E-state index >= 15 is 0 Å². The molecule has 0 amide bonds. The number of hydrogen-bond acceptors (Lipinski definition) is 4. The van der Waals surface area contributed by atoms with E-state index < -0.39 is 15.8 Å². The van der Waals surface area contributed by atoms with Crippen molar-refractivity contribution >= 4 is 21.5 Å². The Bertz CT molecular complexity index is 717. The zero-order valence-corrected chi connectivity index (χ0v) is 10.9. The van der Waals surface area contributed by atoms with Gasteiger partial charge in [0.05, 0.1) is 10.6 Å². The summed E-state index contributed by atoms with van der Waals surface area (Å²) in [5.41, 5.74) is 6.01. The molecular formula is C12H12FN3O2S. The summed E-state index contributed by atoms with van der Waals surface area (Å²) in [6, 6.07) is 6.71. The Hall–Kier alpha value is -2.15. The molecular weight excluding hydrogens is 269 g/mol. The lowest BCUT2D eigenvalue weighted by Crippen LogP contribution is -2.14. The lowest BCUT2D eigenvalue weighted by Gasteiger charge is -2.09. The Morgan fingerprint density at radius 3 is 2.63 bits per heavy atom. The zero-order valence-electron chi connectivity index (χ0n) is 10.1. The second kappa shape index (κ2) is 4.85. The number of nitrogens with two attached hydrogens (primary N) is 1. The third-order valence-corrected chi connectivity index (χ3v) is 3.79. The molecule has 0 radical (unpaired) electrons. The summed E-state index contributed by atoms with van der Waals surface area (Å²) in [7, 11) is -3.88. The highest BCUT2D eigenvalue weighted by Gasteiger charge is 2.16. The molecule has 2 aromatic rings. The first kappa shape index (κ1) is 13.3. The van der Waals surface area contributed by atoms with Crippen LogP contribution in [0.5, 0.6) is 0 Å². The Labute approximate surface area is 110 Å². The third-order valence-electron chi connectivity index (χ3n) is 2.43. The molecule has 1 aromatic heterocycles. The van der Waals surface area contributed by atoms with E-state index in [4.69, 9.17) is 5.73 Å². The number of benzene rings is 1. The van der Waals surface area contributed by atoms with Crippen LogP contribution < -0.4 is 10.5 Å². The van der Waals surface area contributed by atoms with Gasteiger partial charge >= 0.3 is 0 Å². The normalized spacial score (nSPS) is 11.3. The van der Waals surface area contributed by atoms with Crippen LogP contribution in [0.4, 0.5) is 15.9 Å². The summed E-state index contributed by atoms with van der Waals surface area (Å²) < 4.78 is 39.8. The second-order valence-electron chi connectivity index (χ2n) is 4.01. The summed E-state index contributed by atoms with van der Waals surface area (Å²) in [6.07, 6.45) is 1.27. The fraction of sp³-hybridized carbons (Fsp3) is 0.0833. The van der Waals surface area contributed by atoms with Gasteiger partial charge in [-0.25, -0.2) is 17.8 Å². The molecule has 0 atom stereocenters. The molecule has 1 heterocycles. The molecule has 7 heteroatoms. The van der Waals surface area contributed by atoms with Gasteiger partial charge in [0.2, 0.25) is 0 Å². The topological polar surface area (TPSA) is 85.1 Å². The number of pyridine rings is 1. The number of nitrogen functional groups attached to an aromatic ring is 1. The van der Waals surface area contributed by atoms with Crippen molar-refractivity contribution < 1.29 is 12.8 Å². The molecule has 0 bridgehead atoms. The van der Waals surface area contributed by atoms with Crippen LogP contribution in [0.1, 0.15) is 5.56 Å². The third kappa shape index (κ3) is 3.00. The van der Waals surface area contributed by atoms with Gasteiger partial charge < -0.3 is 5.73 Å². The molecule has 19 heavy (non-hydrogen) atoms. The number of nitrogens with one attached hydrogen (secondary N) is 1. The van der Waals surface area contributed by atoms with E-state index in [2.05, 4.69) is 9.71 Å². The molecule has 0 aliphatic rings. The van der Waals surface area contributed by atoms with Gasteiger partial charge in [0.15, 0.2) is 0 Å². The number of aromatic nitrogens is 1. The molecule has 100 valence electrons. The monoisotopic (exact) mass is 281 g/mol. The van der Waals surface area contributed by atoms with E-state index in [0.29, 0.717) is 5.56 Å². The summed E-state index contributed by atoms with van der Waals surface area (Å²) in [4.78, 5) is 3.63. The molecule has 0 saturated carbocycles. The van der Waals surface area contributed by atoms with Crippen molar-refractivity contribution in [1.82, 2.24) is 4.98 Å². The molecule has 0 spiro atoms. The van der Waals surface area contributed by atoms with Gasteiger partial charge in [0.25, 0.3) is 10.0 Å². The minimum atomic E-state index is -3.88. The van der Waals surface area contributed by atoms with Crippen LogP contribution in [0.25, 0.3) is 0 Å². The van der Waals surface area contributed by atoms with Gasteiger partial charge in [-0.15, -0.1) is 0 Å². The van der Waals surface area contributed by atoms with E-state index in [0.717, 1.165) is 0 Å². The van der Waals surface area contributed by atoms with Gasteiger partial charge in [-0.2, -0.15) is 0 Å². The number of sulfonamides is 1. The highest BCUT2D eigenvalue weighted by molar-refractivity contribution is 7.92. The van der Waals surface area contributed by atoms with Crippen molar-refractivity contribution in [2.45, 2.75) is 11.8 Å². The predicted molar refractivity (Wildman–Crippen MR) is 70.6 cm³/mol. The van der Waals surface area contributed by atoms with Gasteiger partial charge in [-0.3, -0.25) is 4.72 Å². The van der Waals surface area contributed by atoms with Crippen molar-refractivity contribution in [2.75, 3.05) is 10.5 Å². The largest absolute Gasteiger partial charge is 0.384 e. The molecule has 2 rings (SSSR count). The minimum absolute atomic E-state index is 0.0695. The number of nitrogens with zero attached hydrogens (tertiary/aromatic N) is 1. The number of halogens is 1. The predicted octanol–water partition coefficient (Wildman–Crippen LogP) is 1.91. The van der Waals surface area contributed by atoms with Crippen LogP contribution >= 0.6 is 0 Å². The Balaban J connectivity index is 2.36. The standard InChI is InChI=1S/C12H12FN3O2S/c1-8-2-3-11(10(13)6-8)16-19(17,18)9-4-5-15-12(14)7-9/h2-7,16H,1H3,(H2,14,15). The maximum atomic E-state index is 13.6. The van der Waals surface area contributed by atoms with Gasteiger partial charge in [-0.1, -0.05) is 6.07 Å². The molecule has 5 nitrogen and oxygen atoms in total. The van der Waals surface area contributed by atoms with Crippen LogP contribution in [-0.2, 0) is 10.0 Å². The van der Waals surface area contributed by atoms with Gasteiger partial charge in [0.1, 0.15) is 11.6 Å². The van der Waals surface area contributed by atoms with Gasteiger partial charge in [0, 0.05) is 12.3 Å². The number of aryl methyl sites for hydroxylation is 1. The molecule has 0 fully saturated rings. The second-order valence-corrected chi connectivity index (χ2v) is 5.69. The lowest BCUT2D eigenvalue weighted by atomic mass is 10.2. The van der Waals surface area contributed by atoms with Crippen molar-refractivity contribution in [3.8, 4) is 0 Å². The van der Waals surface area contributed by atoms with E-state index in [1.54, 1.807) is 13.0 Å². The maximum Gasteiger partial charge on any atom is 0.262 e. The van der Waals surface area contributed by atoms with Crippen molar-refractivity contribution in [2.24, 2.45) is 0 Å². The minimum Gasteiger partial charge on any atom is -0.384 e. The molecule has 0 aliphatic carbocycles. The Kier molecular flexibility index (Phi) is 3.39. The highest BCUT2D eigenvalue weighted by Crippen LogP contribution is 2.20. The summed E-state index contributed by atoms with van der Waals surface area (Å²) >= 11 is 0. The smallest absolute Gasteiger partial charge is 0.262 e. The fourth-order valence-corrected chi connectivity index (χ4v) is 2.59. The first-order valence-electron chi connectivity index (χ1n) is 5.39. The molecule has 0 saturated heterocycles. The Morgan fingerprint density at radius 1 is 1.26 bits per heavy atom. The number of rotatable bonds is 3. The Morgan fingerprint density at radius 2 is 2.00 bits per heavy atom. The van der Waals surface area contributed by atoms with Crippen LogP contribution in [0.15, 0.2) is 41.4 Å². The average Bonchev–Trinajstić information content (AvgIpc) is 2.33. The van der Waals surface area contributed by atoms with Crippen molar-refractivity contribution in [1.29, 1.82) is 0 Å². The van der Waals surface area contributed by atoms with Gasteiger partial charge in [-0.05, 0) is 30.7 Å².